The number of carbonyl (C=O) groups is 1. The molecule has 0 aliphatic heterocycles. The standard InChI is InChI=1S/C21H18F5N3O2/c22-17-6-4-14(5-7-17)11-29-9-8-18(28-29)27-19(30)16-3-1-2-15(10-16)12-31-13-21(25,26)20(23)24/h1-10,20H,11-13H2,(H,27,28,30). The molecule has 2 aromatic carbocycles. The first-order valence-corrected chi connectivity index (χ1v) is 9.15. The number of carbonyl (C=O) groups excluding carboxylic acids is 1. The van der Waals surface area contributed by atoms with E-state index in [0.29, 0.717) is 12.1 Å². The molecular formula is C21H18F5N3O2. The number of amides is 1. The zero-order valence-corrected chi connectivity index (χ0v) is 16.1. The van der Waals surface area contributed by atoms with Crippen LogP contribution in [0.15, 0.2) is 60.8 Å². The summed E-state index contributed by atoms with van der Waals surface area (Å²) in [5, 5.41) is 6.83. The van der Waals surface area contributed by atoms with Crippen LogP contribution in [0.4, 0.5) is 27.8 Å². The molecule has 0 saturated heterocycles. The van der Waals surface area contributed by atoms with E-state index in [2.05, 4.69) is 15.2 Å². The Bertz CT molecular complexity index is 1020. The minimum Gasteiger partial charge on any atom is -0.370 e. The van der Waals surface area contributed by atoms with Gasteiger partial charge in [0, 0.05) is 17.8 Å². The van der Waals surface area contributed by atoms with Gasteiger partial charge in [0.15, 0.2) is 5.82 Å². The van der Waals surface area contributed by atoms with E-state index in [1.54, 1.807) is 29.1 Å². The van der Waals surface area contributed by atoms with Crippen LogP contribution in [0.2, 0.25) is 0 Å². The van der Waals surface area contributed by atoms with E-state index in [-0.39, 0.29) is 23.8 Å². The SMILES string of the molecule is O=C(Nc1ccn(Cc2ccc(F)cc2)n1)c1cccc(COCC(F)(F)C(F)F)c1. The Labute approximate surface area is 174 Å². The lowest BCUT2D eigenvalue weighted by Gasteiger charge is -2.15. The molecule has 0 radical (unpaired) electrons. The topological polar surface area (TPSA) is 56.2 Å². The Balaban J connectivity index is 1.56. The van der Waals surface area contributed by atoms with Gasteiger partial charge in [-0.25, -0.2) is 13.2 Å². The molecular weight excluding hydrogens is 421 g/mol. The van der Waals surface area contributed by atoms with Gasteiger partial charge in [-0.05, 0) is 35.4 Å². The van der Waals surface area contributed by atoms with Crippen LogP contribution >= 0.6 is 0 Å². The molecule has 1 heterocycles. The Hall–Kier alpha value is -3.27. The lowest BCUT2D eigenvalue weighted by molar-refractivity contribution is -0.168. The molecule has 0 atom stereocenters. The second-order valence-electron chi connectivity index (χ2n) is 6.73. The third-order valence-corrected chi connectivity index (χ3v) is 4.21. The highest BCUT2D eigenvalue weighted by Crippen LogP contribution is 2.23. The number of ether oxygens (including phenoxy) is 1. The lowest BCUT2D eigenvalue weighted by atomic mass is 10.1. The Morgan fingerprint density at radius 2 is 1.84 bits per heavy atom. The van der Waals surface area contributed by atoms with E-state index in [1.165, 1.54) is 36.4 Å². The van der Waals surface area contributed by atoms with Gasteiger partial charge in [-0.3, -0.25) is 9.48 Å². The number of hydrogen-bond acceptors (Lipinski definition) is 3. The van der Waals surface area contributed by atoms with Gasteiger partial charge in [0.2, 0.25) is 0 Å². The minimum absolute atomic E-state index is 0.217. The predicted molar refractivity (Wildman–Crippen MR) is 103 cm³/mol. The Morgan fingerprint density at radius 1 is 1.10 bits per heavy atom. The molecule has 1 amide bonds. The molecule has 0 spiro atoms. The summed E-state index contributed by atoms with van der Waals surface area (Å²) in [6.45, 7) is -1.39. The van der Waals surface area contributed by atoms with Crippen molar-refractivity contribution in [2.75, 3.05) is 11.9 Å². The summed E-state index contributed by atoms with van der Waals surface area (Å²) in [5.41, 5.74) is 1.42. The van der Waals surface area contributed by atoms with Gasteiger partial charge in [0.1, 0.15) is 12.4 Å². The van der Waals surface area contributed by atoms with Crippen LogP contribution < -0.4 is 5.32 Å². The molecule has 0 bridgehead atoms. The van der Waals surface area contributed by atoms with Crippen molar-refractivity contribution < 1.29 is 31.5 Å². The average molecular weight is 439 g/mol. The number of nitrogens with zero attached hydrogens (tertiary/aromatic N) is 2. The number of aromatic nitrogens is 2. The van der Waals surface area contributed by atoms with Crippen LogP contribution in [0.3, 0.4) is 0 Å². The van der Waals surface area contributed by atoms with Gasteiger partial charge in [0.25, 0.3) is 5.91 Å². The molecule has 0 fully saturated rings. The molecule has 31 heavy (non-hydrogen) atoms. The second kappa shape index (κ2) is 9.69. The van der Waals surface area contributed by atoms with Crippen molar-refractivity contribution in [2.45, 2.75) is 25.5 Å². The Morgan fingerprint density at radius 3 is 2.55 bits per heavy atom. The monoisotopic (exact) mass is 439 g/mol. The maximum absolute atomic E-state index is 13.0. The normalized spacial score (nSPS) is 11.7. The van der Waals surface area contributed by atoms with Crippen molar-refractivity contribution in [3.63, 3.8) is 0 Å². The third-order valence-electron chi connectivity index (χ3n) is 4.21. The van der Waals surface area contributed by atoms with Crippen LogP contribution in [0.1, 0.15) is 21.5 Å². The summed E-state index contributed by atoms with van der Waals surface area (Å²) in [6.07, 6.45) is -2.17. The highest BCUT2D eigenvalue weighted by molar-refractivity contribution is 6.03. The molecule has 3 aromatic rings. The number of halogens is 5. The van der Waals surface area contributed by atoms with Crippen LogP contribution in [0.25, 0.3) is 0 Å². The number of anilines is 1. The summed E-state index contributed by atoms with van der Waals surface area (Å²) in [5.74, 6) is -4.79. The fourth-order valence-corrected chi connectivity index (χ4v) is 2.65. The summed E-state index contributed by atoms with van der Waals surface area (Å²) in [7, 11) is 0. The second-order valence-corrected chi connectivity index (χ2v) is 6.73. The number of alkyl halides is 4. The van der Waals surface area contributed by atoms with Crippen molar-refractivity contribution in [1.82, 2.24) is 9.78 Å². The molecule has 5 nitrogen and oxygen atoms in total. The number of hydrogen-bond donors (Lipinski definition) is 1. The molecule has 0 aliphatic rings. The van der Waals surface area contributed by atoms with Crippen LogP contribution in [0.5, 0.6) is 0 Å². The molecule has 0 unspecified atom stereocenters. The zero-order valence-electron chi connectivity index (χ0n) is 16.1. The average Bonchev–Trinajstić information content (AvgIpc) is 3.16. The van der Waals surface area contributed by atoms with Crippen molar-refractivity contribution in [1.29, 1.82) is 0 Å². The first-order chi connectivity index (χ1) is 14.7. The fraction of sp³-hybridized carbons (Fsp3) is 0.238. The maximum Gasteiger partial charge on any atom is 0.330 e. The summed E-state index contributed by atoms with van der Waals surface area (Å²) >= 11 is 0. The highest BCUT2D eigenvalue weighted by Gasteiger charge is 2.40. The van der Waals surface area contributed by atoms with Gasteiger partial charge < -0.3 is 10.1 Å². The van der Waals surface area contributed by atoms with Crippen LogP contribution in [-0.4, -0.2) is 34.6 Å². The van der Waals surface area contributed by atoms with E-state index in [4.69, 9.17) is 0 Å². The maximum atomic E-state index is 13.0. The van der Waals surface area contributed by atoms with E-state index in [1.807, 2.05) is 0 Å². The smallest absolute Gasteiger partial charge is 0.330 e. The largest absolute Gasteiger partial charge is 0.370 e. The van der Waals surface area contributed by atoms with Gasteiger partial charge in [0.05, 0.1) is 13.2 Å². The van der Waals surface area contributed by atoms with Crippen molar-refractivity contribution in [3.05, 3.63) is 83.3 Å². The molecule has 3 rings (SSSR count). The minimum atomic E-state index is -4.23. The van der Waals surface area contributed by atoms with Crippen LogP contribution in [0, 0.1) is 5.82 Å². The molecule has 0 saturated carbocycles. The third kappa shape index (κ3) is 6.35. The fourth-order valence-electron chi connectivity index (χ4n) is 2.65. The molecule has 1 aromatic heterocycles. The van der Waals surface area contributed by atoms with Crippen LogP contribution in [-0.2, 0) is 17.9 Å². The first-order valence-electron chi connectivity index (χ1n) is 9.15. The van der Waals surface area contributed by atoms with Gasteiger partial charge in [-0.2, -0.15) is 13.9 Å². The van der Waals surface area contributed by atoms with E-state index < -0.39 is 24.9 Å². The molecule has 10 heteroatoms. The van der Waals surface area contributed by atoms with Gasteiger partial charge in [-0.15, -0.1) is 0 Å². The number of benzene rings is 2. The summed E-state index contributed by atoms with van der Waals surface area (Å²) < 4.78 is 69.3. The van der Waals surface area contributed by atoms with E-state index in [9.17, 15) is 26.7 Å². The number of nitrogens with one attached hydrogen (secondary N) is 1. The van der Waals surface area contributed by atoms with Gasteiger partial charge >= 0.3 is 12.3 Å². The molecule has 164 valence electrons. The van der Waals surface area contributed by atoms with Gasteiger partial charge in [-0.1, -0.05) is 24.3 Å². The molecule has 1 N–H and O–H groups in total. The number of rotatable bonds is 9. The quantitative estimate of drug-likeness (QED) is 0.490. The predicted octanol–water partition coefficient (Wildman–Crippen LogP) is 4.74. The zero-order chi connectivity index (χ0) is 22.4. The molecule has 0 aliphatic carbocycles. The summed E-state index contributed by atoms with van der Waals surface area (Å²) in [6, 6.07) is 13.5. The van der Waals surface area contributed by atoms with E-state index >= 15 is 0 Å². The van der Waals surface area contributed by atoms with Crippen molar-refractivity contribution in [2.24, 2.45) is 0 Å². The Kier molecular flexibility index (Phi) is 7.01. The highest BCUT2D eigenvalue weighted by atomic mass is 19.3. The lowest BCUT2D eigenvalue weighted by Crippen LogP contribution is -2.32. The summed E-state index contributed by atoms with van der Waals surface area (Å²) in [4.78, 5) is 12.4. The van der Waals surface area contributed by atoms with Crippen molar-refractivity contribution >= 4 is 11.7 Å². The first kappa shape index (κ1) is 22.4. The van der Waals surface area contributed by atoms with Crippen molar-refractivity contribution in [3.8, 4) is 0 Å². The van der Waals surface area contributed by atoms with E-state index in [0.717, 1.165) is 5.56 Å².